The fraction of sp³-hybridized carbons (Fsp3) is 0.500. The standard InChI is InChI=1S/C14H23N3O4S.ClH/c1-2-21-8-9-22(19,20)17-11-14(18)16-10-13(15)12-6-4-3-5-7-12;/h3-7,13,17H,2,8-11,15H2,1H3,(H,16,18);1H. The molecular formula is C14H24ClN3O4S. The quantitative estimate of drug-likeness (QED) is 0.512. The number of carbonyl (C=O) groups excluding carboxylic acids is 1. The molecule has 0 saturated carbocycles. The largest absolute Gasteiger partial charge is 0.381 e. The Balaban J connectivity index is 0.00000484. The van der Waals surface area contributed by atoms with Gasteiger partial charge < -0.3 is 15.8 Å². The second kappa shape index (κ2) is 11.4. The van der Waals surface area contributed by atoms with Gasteiger partial charge in [-0.05, 0) is 12.5 Å². The van der Waals surface area contributed by atoms with Crippen molar-refractivity contribution in [2.24, 2.45) is 5.73 Å². The molecule has 0 aromatic heterocycles. The molecule has 0 spiro atoms. The van der Waals surface area contributed by atoms with Crippen LogP contribution in [0.3, 0.4) is 0 Å². The molecule has 1 atom stereocenters. The minimum Gasteiger partial charge on any atom is -0.381 e. The molecule has 0 heterocycles. The second-order valence-electron chi connectivity index (χ2n) is 4.66. The van der Waals surface area contributed by atoms with Gasteiger partial charge in [-0.1, -0.05) is 30.3 Å². The highest BCUT2D eigenvalue weighted by atomic mass is 35.5. The highest BCUT2D eigenvalue weighted by molar-refractivity contribution is 7.89. The van der Waals surface area contributed by atoms with Crippen molar-refractivity contribution in [1.82, 2.24) is 10.0 Å². The predicted molar refractivity (Wildman–Crippen MR) is 91.9 cm³/mol. The number of rotatable bonds is 10. The minimum atomic E-state index is -3.51. The molecule has 132 valence electrons. The summed E-state index contributed by atoms with van der Waals surface area (Å²) >= 11 is 0. The molecule has 7 nitrogen and oxygen atoms in total. The number of nitrogens with two attached hydrogens (primary N) is 1. The van der Waals surface area contributed by atoms with E-state index in [0.717, 1.165) is 5.56 Å². The predicted octanol–water partition coefficient (Wildman–Crippen LogP) is 0.180. The van der Waals surface area contributed by atoms with Crippen LogP contribution in [0.5, 0.6) is 0 Å². The summed E-state index contributed by atoms with van der Waals surface area (Å²) in [6, 6.07) is 9.01. The molecule has 0 aliphatic carbocycles. The van der Waals surface area contributed by atoms with Gasteiger partial charge in [-0.15, -0.1) is 12.4 Å². The molecule has 23 heavy (non-hydrogen) atoms. The van der Waals surface area contributed by atoms with Gasteiger partial charge in [-0.3, -0.25) is 4.79 Å². The molecule has 1 amide bonds. The number of ether oxygens (including phenoxy) is 1. The summed E-state index contributed by atoms with van der Waals surface area (Å²) in [5.41, 5.74) is 6.84. The van der Waals surface area contributed by atoms with Gasteiger partial charge in [-0.25, -0.2) is 13.1 Å². The molecule has 0 bridgehead atoms. The number of benzene rings is 1. The lowest BCUT2D eigenvalue weighted by atomic mass is 10.1. The molecule has 0 fully saturated rings. The summed E-state index contributed by atoms with van der Waals surface area (Å²) in [5, 5.41) is 2.60. The van der Waals surface area contributed by atoms with Crippen LogP contribution < -0.4 is 15.8 Å². The van der Waals surface area contributed by atoms with Crippen molar-refractivity contribution in [2.45, 2.75) is 13.0 Å². The average Bonchev–Trinajstić information content (AvgIpc) is 2.51. The maximum atomic E-state index is 11.6. The summed E-state index contributed by atoms with van der Waals surface area (Å²) < 4.78 is 30.3. The van der Waals surface area contributed by atoms with Crippen molar-refractivity contribution in [3.63, 3.8) is 0 Å². The number of sulfonamides is 1. The zero-order valence-corrected chi connectivity index (χ0v) is 14.7. The van der Waals surface area contributed by atoms with Gasteiger partial charge in [0.2, 0.25) is 15.9 Å². The average molecular weight is 366 g/mol. The molecule has 0 saturated heterocycles. The molecular weight excluding hydrogens is 342 g/mol. The van der Waals surface area contributed by atoms with Crippen molar-refractivity contribution in [3.05, 3.63) is 35.9 Å². The third-order valence-corrected chi connectivity index (χ3v) is 4.19. The van der Waals surface area contributed by atoms with E-state index < -0.39 is 15.9 Å². The van der Waals surface area contributed by atoms with Gasteiger partial charge in [-0.2, -0.15) is 0 Å². The Labute approximate surface area is 143 Å². The van der Waals surface area contributed by atoms with Crippen molar-refractivity contribution in [1.29, 1.82) is 0 Å². The Bertz CT molecular complexity index is 554. The van der Waals surface area contributed by atoms with E-state index in [-0.39, 0.29) is 43.9 Å². The van der Waals surface area contributed by atoms with Gasteiger partial charge in [0, 0.05) is 19.2 Å². The van der Waals surface area contributed by atoms with E-state index in [1.807, 2.05) is 30.3 Å². The topological polar surface area (TPSA) is 111 Å². The summed E-state index contributed by atoms with van der Waals surface area (Å²) in [6.07, 6.45) is 0. The second-order valence-corrected chi connectivity index (χ2v) is 6.58. The van der Waals surface area contributed by atoms with Crippen LogP contribution in [0.15, 0.2) is 30.3 Å². The van der Waals surface area contributed by atoms with E-state index in [2.05, 4.69) is 10.0 Å². The van der Waals surface area contributed by atoms with Crippen molar-refractivity contribution in [3.8, 4) is 0 Å². The van der Waals surface area contributed by atoms with Crippen LogP contribution in [0.2, 0.25) is 0 Å². The first-order valence-electron chi connectivity index (χ1n) is 7.07. The van der Waals surface area contributed by atoms with E-state index >= 15 is 0 Å². The zero-order valence-electron chi connectivity index (χ0n) is 13.0. The fourth-order valence-corrected chi connectivity index (χ4v) is 2.50. The first-order chi connectivity index (χ1) is 10.4. The number of nitrogens with one attached hydrogen (secondary N) is 2. The molecule has 0 radical (unpaired) electrons. The van der Waals surface area contributed by atoms with E-state index in [1.165, 1.54) is 0 Å². The lowest BCUT2D eigenvalue weighted by molar-refractivity contribution is -0.120. The van der Waals surface area contributed by atoms with Crippen LogP contribution in [-0.4, -0.2) is 46.4 Å². The Morgan fingerprint density at radius 2 is 1.96 bits per heavy atom. The van der Waals surface area contributed by atoms with Crippen LogP contribution >= 0.6 is 12.4 Å². The third-order valence-electron chi connectivity index (χ3n) is 2.90. The number of amides is 1. The highest BCUT2D eigenvalue weighted by Crippen LogP contribution is 2.07. The van der Waals surface area contributed by atoms with E-state index in [4.69, 9.17) is 10.5 Å². The van der Waals surface area contributed by atoms with E-state index in [1.54, 1.807) is 6.92 Å². The lowest BCUT2D eigenvalue weighted by Crippen LogP contribution is -2.40. The molecule has 0 aliphatic heterocycles. The van der Waals surface area contributed by atoms with Gasteiger partial charge in [0.15, 0.2) is 0 Å². The Hall–Kier alpha value is -1.19. The Morgan fingerprint density at radius 3 is 2.57 bits per heavy atom. The van der Waals surface area contributed by atoms with Crippen LogP contribution in [0.4, 0.5) is 0 Å². The first kappa shape index (κ1) is 21.8. The molecule has 1 aromatic carbocycles. The van der Waals surface area contributed by atoms with Gasteiger partial charge >= 0.3 is 0 Å². The fourth-order valence-electron chi connectivity index (χ4n) is 1.67. The smallest absolute Gasteiger partial charge is 0.235 e. The summed E-state index contributed by atoms with van der Waals surface area (Å²) in [5.74, 6) is -0.594. The highest BCUT2D eigenvalue weighted by Gasteiger charge is 2.13. The van der Waals surface area contributed by atoms with Gasteiger partial charge in [0.25, 0.3) is 0 Å². The lowest BCUT2D eigenvalue weighted by Gasteiger charge is -2.13. The minimum absolute atomic E-state index is 0. The van der Waals surface area contributed by atoms with Crippen LogP contribution in [0.25, 0.3) is 0 Å². The summed E-state index contributed by atoms with van der Waals surface area (Å²) in [6.45, 7) is 2.27. The number of hydrogen-bond acceptors (Lipinski definition) is 5. The van der Waals surface area contributed by atoms with Crippen molar-refractivity contribution < 1.29 is 17.9 Å². The molecule has 4 N–H and O–H groups in total. The monoisotopic (exact) mass is 365 g/mol. The first-order valence-corrected chi connectivity index (χ1v) is 8.72. The van der Waals surface area contributed by atoms with E-state index in [9.17, 15) is 13.2 Å². The normalized spacial score (nSPS) is 12.3. The summed E-state index contributed by atoms with van der Waals surface area (Å²) in [4.78, 5) is 11.6. The van der Waals surface area contributed by atoms with Crippen LogP contribution in [-0.2, 0) is 19.6 Å². The zero-order chi connectivity index (χ0) is 16.4. The molecule has 9 heteroatoms. The summed E-state index contributed by atoms with van der Waals surface area (Å²) in [7, 11) is -3.51. The molecule has 0 aliphatic rings. The maximum Gasteiger partial charge on any atom is 0.235 e. The van der Waals surface area contributed by atoms with Crippen LogP contribution in [0.1, 0.15) is 18.5 Å². The number of carbonyl (C=O) groups is 1. The molecule has 1 rings (SSSR count). The van der Waals surface area contributed by atoms with E-state index in [0.29, 0.717) is 6.61 Å². The SMILES string of the molecule is CCOCCS(=O)(=O)NCC(=O)NCC(N)c1ccccc1.Cl. The van der Waals surface area contributed by atoms with Crippen molar-refractivity contribution in [2.75, 3.05) is 32.1 Å². The maximum absolute atomic E-state index is 11.6. The number of halogens is 1. The molecule has 1 unspecified atom stereocenters. The van der Waals surface area contributed by atoms with Crippen molar-refractivity contribution >= 4 is 28.3 Å². The Kier molecular flexibility index (Phi) is 10.8. The third kappa shape index (κ3) is 9.52. The molecule has 1 aromatic rings. The Morgan fingerprint density at radius 1 is 1.30 bits per heavy atom. The van der Waals surface area contributed by atoms with Gasteiger partial charge in [0.05, 0.1) is 18.9 Å². The van der Waals surface area contributed by atoms with Gasteiger partial charge in [0.1, 0.15) is 0 Å². The number of hydrogen-bond donors (Lipinski definition) is 3. The van der Waals surface area contributed by atoms with Crippen LogP contribution in [0, 0.1) is 0 Å².